The molecule has 0 saturated heterocycles. The van der Waals surface area contributed by atoms with Gasteiger partial charge in [0.25, 0.3) is 5.91 Å². The van der Waals surface area contributed by atoms with Crippen LogP contribution in [0.15, 0.2) is 23.4 Å². The third kappa shape index (κ3) is 2.87. The van der Waals surface area contributed by atoms with Gasteiger partial charge in [-0.25, -0.2) is 0 Å². The van der Waals surface area contributed by atoms with Crippen LogP contribution in [0.3, 0.4) is 0 Å². The molecule has 0 radical (unpaired) electrons. The zero-order valence-corrected chi connectivity index (χ0v) is 13.1. The fourth-order valence-corrected chi connectivity index (χ4v) is 2.67. The highest BCUT2D eigenvalue weighted by atomic mass is 32.2. The van der Waals surface area contributed by atoms with Gasteiger partial charge in [0, 0.05) is 25.6 Å². The van der Waals surface area contributed by atoms with Crippen molar-refractivity contribution in [2.75, 3.05) is 19.6 Å². The molecule has 0 unspecified atom stereocenters. The van der Waals surface area contributed by atoms with Crippen molar-refractivity contribution in [2.45, 2.75) is 11.6 Å². The molecule has 0 saturated carbocycles. The molecule has 0 aliphatic carbocycles. The fraction of sp³-hybridized carbons (Fsp3) is 0.357. The van der Waals surface area contributed by atoms with Gasteiger partial charge in [-0.1, -0.05) is 11.8 Å². The van der Waals surface area contributed by atoms with Gasteiger partial charge in [0.2, 0.25) is 6.79 Å². The standard InChI is InChI=1S/C14H16N4O3S/c1-18-12(16-17-14(18)22-2)5-6-15-13(19)9-3-4-10-11(7-9)21-8-20-10/h3-4,7H,5-6,8H2,1-2H3,(H,15,19). The molecule has 2 heterocycles. The molecular weight excluding hydrogens is 304 g/mol. The van der Waals surface area contributed by atoms with Gasteiger partial charge in [0.15, 0.2) is 16.7 Å². The molecular formula is C14H16N4O3S. The van der Waals surface area contributed by atoms with E-state index < -0.39 is 0 Å². The number of fused-ring (bicyclic) bond motifs is 1. The first-order chi connectivity index (χ1) is 10.7. The molecule has 7 nitrogen and oxygen atoms in total. The van der Waals surface area contributed by atoms with Crippen molar-refractivity contribution < 1.29 is 14.3 Å². The lowest BCUT2D eigenvalue weighted by Crippen LogP contribution is -2.26. The molecule has 116 valence electrons. The first kappa shape index (κ1) is 14.7. The van der Waals surface area contributed by atoms with Gasteiger partial charge < -0.3 is 19.4 Å². The predicted octanol–water partition coefficient (Wildman–Crippen LogP) is 1.24. The summed E-state index contributed by atoms with van der Waals surface area (Å²) < 4.78 is 12.4. The number of amides is 1. The van der Waals surface area contributed by atoms with Crippen LogP contribution in [0.4, 0.5) is 0 Å². The number of thioether (sulfide) groups is 1. The van der Waals surface area contributed by atoms with Crippen LogP contribution in [0.1, 0.15) is 16.2 Å². The van der Waals surface area contributed by atoms with E-state index in [-0.39, 0.29) is 12.7 Å². The quantitative estimate of drug-likeness (QED) is 0.835. The molecule has 2 aromatic rings. The summed E-state index contributed by atoms with van der Waals surface area (Å²) in [7, 11) is 1.92. The van der Waals surface area contributed by atoms with E-state index in [1.165, 1.54) is 0 Å². The number of nitrogens with one attached hydrogen (secondary N) is 1. The molecule has 1 aromatic carbocycles. The minimum atomic E-state index is -0.148. The SMILES string of the molecule is CSc1nnc(CCNC(=O)c2ccc3c(c2)OCO3)n1C. The third-order valence-corrected chi connectivity index (χ3v) is 4.10. The Bertz CT molecular complexity index is 701. The second kappa shape index (κ2) is 6.27. The number of nitrogens with zero attached hydrogens (tertiary/aromatic N) is 3. The Hall–Kier alpha value is -2.22. The Morgan fingerprint density at radius 3 is 2.95 bits per heavy atom. The highest BCUT2D eigenvalue weighted by Gasteiger charge is 2.16. The molecule has 1 N–H and O–H groups in total. The van der Waals surface area contributed by atoms with Gasteiger partial charge in [-0.15, -0.1) is 10.2 Å². The summed E-state index contributed by atoms with van der Waals surface area (Å²) in [4.78, 5) is 12.1. The second-order valence-corrected chi connectivity index (χ2v) is 5.51. The van der Waals surface area contributed by atoms with Crippen LogP contribution in [0.2, 0.25) is 0 Å². The van der Waals surface area contributed by atoms with E-state index in [1.807, 2.05) is 17.9 Å². The van der Waals surface area contributed by atoms with E-state index in [1.54, 1.807) is 30.0 Å². The highest BCUT2D eigenvalue weighted by molar-refractivity contribution is 7.98. The zero-order valence-electron chi connectivity index (χ0n) is 12.3. The number of carbonyl (C=O) groups is 1. The number of carbonyl (C=O) groups excluding carboxylic acids is 1. The molecule has 1 aliphatic rings. The van der Waals surface area contributed by atoms with Crippen molar-refractivity contribution in [1.82, 2.24) is 20.1 Å². The van der Waals surface area contributed by atoms with Gasteiger partial charge in [-0.05, 0) is 24.5 Å². The first-order valence-electron chi connectivity index (χ1n) is 6.79. The third-order valence-electron chi connectivity index (χ3n) is 3.38. The largest absolute Gasteiger partial charge is 0.454 e. The van der Waals surface area contributed by atoms with Crippen LogP contribution in [-0.4, -0.2) is 40.3 Å². The molecule has 0 bridgehead atoms. The lowest BCUT2D eigenvalue weighted by Gasteiger charge is -2.06. The smallest absolute Gasteiger partial charge is 0.251 e. The minimum absolute atomic E-state index is 0.148. The second-order valence-electron chi connectivity index (χ2n) is 4.74. The lowest BCUT2D eigenvalue weighted by molar-refractivity contribution is 0.0953. The van der Waals surface area contributed by atoms with Crippen LogP contribution in [-0.2, 0) is 13.5 Å². The Balaban J connectivity index is 1.57. The van der Waals surface area contributed by atoms with Gasteiger partial charge in [0.1, 0.15) is 5.82 Å². The maximum absolute atomic E-state index is 12.1. The van der Waals surface area contributed by atoms with Gasteiger partial charge in [-0.3, -0.25) is 4.79 Å². The van der Waals surface area contributed by atoms with Crippen molar-refractivity contribution in [2.24, 2.45) is 7.05 Å². The number of ether oxygens (including phenoxy) is 2. The maximum Gasteiger partial charge on any atom is 0.251 e. The molecule has 1 aliphatic heterocycles. The number of benzene rings is 1. The van der Waals surface area contributed by atoms with E-state index in [0.717, 1.165) is 11.0 Å². The monoisotopic (exact) mass is 320 g/mol. The van der Waals surface area contributed by atoms with E-state index in [2.05, 4.69) is 15.5 Å². The molecule has 8 heteroatoms. The van der Waals surface area contributed by atoms with Gasteiger partial charge in [0.05, 0.1) is 0 Å². The predicted molar refractivity (Wildman–Crippen MR) is 81.4 cm³/mol. The Kier molecular flexibility index (Phi) is 4.19. The van der Waals surface area contributed by atoms with E-state index in [4.69, 9.17) is 9.47 Å². The summed E-state index contributed by atoms with van der Waals surface area (Å²) in [5.74, 6) is 1.96. The first-order valence-corrected chi connectivity index (χ1v) is 8.01. The van der Waals surface area contributed by atoms with E-state index in [0.29, 0.717) is 30.0 Å². The number of hydrogen-bond acceptors (Lipinski definition) is 6. The maximum atomic E-state index is 12.1. The summed E-state index contributed by atoms with van der Waals surface area (Å²) in [5, 5.41) is 11.9. The highest BCUT2D eigenvalue weighted by Crippen LogP contribution is 2.32. The summed E-state index contributed by atoms with van der Waals surface area (Å²) >= 11 is 1.54. The van der Waals surface area contributed by atoms with Crippen LogP contribution in [0.25, 0.3) is 0 Å². The van der Waals surface area contributed by atoms with Crippen molar-refractivity contribution in [1.29, 1.82) is 0 Å². The van der Waals surface area contributed by atoms with E-state index >= 15 is 0 Å². The normalized spacial score (nSPS) is 12.5. The molecule has 0 atom stereocenters. The van der Waals surface area contributed by atoms with Gasteiger partial charge in [-0.2, -0.15) is 0 Å². The lowest BCUT2D eigenvalue weighted by atomic mass is 10.2. The van der Waals surface area contributed by atoms with E-state index in [9.17, 15) is 4.79 Å². The van der Waals surface area contributed by atoms with Crippen molar-refractivity contribution in [3.05, 3.63) is 29.6 Å². The van der Waals surface area contributed by atoms with Gasteiger partial charge >= 0.3 is 0 Å². The topological polar surface area (TPSA) is 78.3 Å². The molecule has 3 rings (SSSR count). The summed E-state index contributed by atoms with van der Waals surface area (Å²) in [6.07, 6.45) is 2.58. The van der Waals surface area contributed by atoms with Crippen molar-refractivity contribution >= 4 is 17.7 Å². The Morgan fingerprint density at radius 1 is 1.36 bits per heavy atom. The Morgan fingerprint density at radius 2 is 2.18 bits per heavy atom. The van der Waals surface area contributed by atoms with Crippen LogP contribution in [0.5, 0.6) is 11.5 Å². The zero-order chi connectivity index (χ0) is 15.5. The van der Waals surface area contributed by atoms with Crippen LogP contribution in [0, 0.1) is 0 Å². The average molecular weight is 320 g/mol. The molecule has 1 aromatic heterocycles. The Labute approximate surface area is 132 Å². The molecule has 1 amide bonds. The summed E-state index contributed by atoms with van der Waals surface area (Å²) in [5.41, 5.74) is 0.548. The van der Waals surface area contributed by atoms with Crippen molar-refractivity contribution in [3.8, 4) is 11.5 Å². The summed E-state index contributed by atoms with van der Waals surface area (Å²) in [6.45, 7) is 0.692. The number of aromatic nitrogens is 3. The average Bonchev–Trinajstić information content (AvgIpc) is 3.13. The number of hydrogen-bond donors (Lipinski definition) is 1. The molecule has 0 fully saturated rings. The minimum Gasteiger partial charge on any atom is -0.454 e. The van der Waals surface area contributed by atoms with Crippen molar-refractivity contribution in [3.63, 3.8) is 0 Å². The molecule has 22 heavy (non-hydrogen) atoms. The molecule has 0 spiro atoms. The van der Waals surface area contributed by atoms with Crippen LogP contribution >= 0.6 is 11.8 Å². The van der Waals surface area contributed by atoms with Crippen LogP contribution < -0.4 is 14.8 Å². The number of rotatable bonds is 5. The summed E-state index contributed by atoms with van der Waals surface area (Å²) in [6, 6.07) is 5.15. The fourth-order valence-electron chi connectivity index (χ4n) is 2.17.